The quantitative estimate of drug-likeness (QED) is 0.368. The molecule has 0 atom stereocenters. The molecule has 3 aromatic rings. The van der Waals surface area contributed by atoms with E-state index in [-0.39, 0.29) is 10.8 Å². The van der Waals surface area contributed by atoms with Gasteiger partial charge >= 0.3 is 6.36 Å². The number of imidazole rings is 1. The maximum Gasteiger partial charge on any atom is 0.573 e. The average molecular weight is 452 g/mol. The normalized spacial score (nSPS) is 13.1. The van der Waals surface area contributed by atoms with Gasteiger partial charge in [0.05, 0.1) is 24.0 Å². The fraction of sp³-hybridized carbons (Fsp3) is 0.409. The number of anilines is 1. The van der Waals surface area contributed by atoms with Crippen molar-refractivity contribution in [1.82, 2.24) is 9.55 Å². The van der Waals surface area contributed by atoms with Crippen LogP contribution in [-0.4, -0.2) is 24.2 Å². The number of hydrogen-bond acceptors (Lipinski definition) is 4. The molecule has 0 aliphatic carbocycles. The second-order valence-corrected chi connectivity index (χ2v) is 14.0. The molecule has 0 saturated heterocycles. The van der Waals surface area contributed by atoms with Crippen LogP contribution >= 0.6 is 0 Å². The number of nitrogens with zero attached hydrogens (tertiary/aromatic N) is 2. The van der Waals surface area contributed by atoms with Crippen molar-refractivity contribution >= 4 is 25.0 Å². The lowest BCUT2D eigenvalue weighted by atomic mass is 10.00. The molecule has 9 heteroatoms. The van der Waals surface area contributed by atoms with Gasteiger partial charge in [-0.2, -0.15) is 0 Å². The molecule has 5 nitrogen and oxygen atoms in total. The summed E-state index contributed by atoms with van der Waals surface area (Å²) in [4.78, 5) is 4.52. The predicted octanol–water partition coefficient (Wildman–Crippen LogP) is 6.24. The second-order valence-electron chi connectivity index (χ2n) is 9.17. The Bertz CT molecular complexity index is 1080. The monoisotopic (exact) mass is 451 g/mol. The standard InChI is InChI=1S/C22H28F3N3O2Si/c1-21(2,3)31(5,6)29-12-17-18(26)11-16(19-20(17)28(4)13-27-19)14-7-9-15(10-8-14)30-22(23,24)25/h7-11,13H,12,26H2,1-6H3. The van der Waals surface area contributed by atoms with E-state index >= 15 is 0 Å². The fourth-order valence-electron chi connectivity index (χ4n) is 3.11. The molecule has 0 aliphatic rings. The Labute approximate surface area is 181 Å². The number of benzene rings is 2. The number of alkyl halides is 3. The van der Waals surface area contributed by atoms with Crippen molar-refractivity contribution in [3.8, 4) is 16.9 Å². The van der Waals surface area contributed by atoms with Crippen molar-refractivity contribution < 1.29 is 22.3 Å². The van der Waals surface area contributed by atoms with Gasteiger partial charge in [0.15, 0.2) is 8.32 Å². The summed E-state index contributed by atoms with van der Waals surface area (Å²) in [5, 5.41) is 0.0630. The zero-order valence-electron chi connectivity index (χ0n) is 18.6. The summed E-state index contributed by atoms with van der Waals surface area (Å²) in [5.41, 5.74) is 10.8. The highest BCUT2D eigenvalue weighted by molar-refractivity contribution is 6.74. The third kappa shape index (κ3) is 4.88. The fourth-order valence-corrected chi connectivity index (χ4v) is 4.05. The van der Waals surface area contributed by atoms with Crippen LogP contribution < -0.4 is 10.5 Å². The van der Waals surface area contributed by atoms with Crippen LogP contribution in [0, 0.1) is 0 Å². The Hall–Kier alpha value is -2.52. The van der Waals surface area contributed by atoms with E-state index in [0.29, 0.717) is 17.9 Å². The molecule has 0 aliphatic heterocycles. The first-order chi connectivity index (χ1) is 14.2. The van der Waals surface area contributed by atoms with Crippen molar-refractivity contribution in [2.24, 2.45) is 7.05 Å². The number of aryl methyl sites for hydroxylation is 1. The van der Waals surface area contributed by atoms with Crippen LogP contribution in [0.5, 0.6) is 5.75 Å². The first-order valence-corrected chi connectivity index (χ1v) is 12.8. The molecule has 168 valence electrons. The zero-order valence-corrected chi connectivity index (χ0v) is 19.6. The van der Waals surface area contributed by atoms with Gasteiger partial charge in [-0.3, -0.25) is 0 Å². The number of rotatable bonds is 5. The van der Waals surface area contributed by atoms with E-state index < -0.39 is 14.7 Å². The molecule has 31 heavy (non-hydrogen) atoms. The molecule has 1 heterocycles. The average Bonchev–Trinajstić information content (AvgIpc) is 3.01. The van der Waals surface area contributed by atoms with Crippen LogP contribution in [0.3, 0.4) is 0 Å². The summed E-state index contributed by atoms with van der Waals surface area (Å²) in [5.74, 6) is -0.277. The molecular formula is C22H28F3N3O2Si. The maximum atomic E-state index is 12.4. The Morgan fingerprint density at radius 3 is 2.26 bits per heavy atom. The maximum absolute atomic E-state index is 12.4. The molecule has 0 bridgehead atoms. The summed E-state index contributed by atoms with van der Waals surface area (Å²) >= 11 is 0. The lowest BCUT2D eigenvalue weighted by Crippen LogP contribution is -2.40. The highest BCUT2D eigenvalue weighted by Crippen LogP contribution is 2.39. The highest BCUT2D eigenvalue weighted by atomic mass is 28.4. The van der Waals surface area contributed by atoms with Gasteiger partial charge < -0.3 is 19.5 Å². The van der Waals surface area contributed by atoms with Crippen LogP contribution in [0.2, 0.25) is 18.1 Å². The highest BCUT2D eigenvalue weighted by Gasteiger charge is 2.37. The number of halogens is 3. The van der Waals surface area contributed by atoms with E-state index in [2.05, 4.69) is 43.6 Å². The van der Waals surface area contributed by atoms with Gasteiger partial charge in [0.25, 0.3) is 0 Å². The largest absolute Gasteiger partial charge is 0.573 e. The van der Waals surface area contributed by atoms with Gasteiger partial charge in [-0.25, -0.2) is 4.98 Å². The minimum absolute atomic E-state index is 0.0630. The number of hydrogen-bond donors (Lipinski definition) is 1. The van der Waals surface area contributed by atoms with E-state index in [1.54, 1.807) is 24.5 Å². The van der Waals surface area contributed by atoms with E-state index in [1.807, 2.05) is 11.6 Å². The van der Waals surface area contributed by atoms with Gasteiger partial charge in [-0.05, 0) is 41.9 Å². The van der Waals surface area contributed by atoms with Crippen molar-refractivity contribution in [1.29, 1.82) is 0 Å². The topological polar surface area (TPSA) is 62.3 Å². The Morgan fingerprint density at radius 2 is 1.71 bits per heavy atom. The predicted molar refractivity (Wildman–Crippen MR) is 119 cm³/mol. The third-order valence-electron chi connectivity index (χ3n) is 5.91. The third-order valence-corrected chi connectivity index (χ3v) is 10.4. The van der Waals surface area contributed by atoms with Crippen molar-refractivity contribution in [2.75, 3.05) is 5.73 Å². The van der Waals surface area contributed by atoms with Gasteiger partial charge in [0.1, 0.15) is 5.75 Å². The van der Waals surface area contributed by atoms with Crippen molar-refractivity contribution in [3.63, 3.8) is 0 Å². The van der Waals surface area contributed by atoms with Crippen LogP contribution in [0.1, 0.15) is 26.3 Å². The summed E-state index contributed by atoms with van der Waals surface area (Å²) in [6.45, 7) is 11.3. The molecule has 0 fully saturated rings. The van der Waals surface area contributed by atoms with Crippen LogP contribution in [0.4, 0.5) is 18.9 Å². The first kappa shape index (κ1) is 23.1. The Kier molecular flexibility index (Phi) is 5.88. The molecule has 0 unspecified atom stereocenters. The lowest BCUT2D eigenvalue weighted by Gasteiger charge is -2.36. The number of nitrogens with two attached hydrogens (primary N) is 1. The van der Waals surface area contributed by atoms with Crippen LogP contribution in [0.15, 0.2) is 36.7 Å². The molecule has 2 N–H and O–H groups in total. The zero-order chi connectivity index (χ0) is 23.2. The van der Waals surface area contributed by atoms with E-state index in [0.717, 1.165) is 22.2 Å². The molecule has 0 spiro atoms. The molecule has 2 aromatic carbocycles. The van der Waals surface area contributed by atoms with Crippen molar-refractivity contribution in [3.05, 3.63) is 42.2 Å². The smallest absolute Gasteiger partial charge is 0.412 e. The Morgan fingerprint density at radius 1 is 1.10 bits per heavy atom. The summed E-state index contributed by atoms with van der Waals surface area (Å²) in [6.07, 6.45) is -3.03. The SMILES string of the molecule is Cn1cnc2c(-c3ccc(OC(F)(F)F)cc3)cc(N)c(CO[Si](C)(C)C(C)(C)C)c21. The minimum Gasteiger partial charge on any atom is -0.412 e. The van der Waals surface area contributed by atoms with E-state index in [1.165, 1.54) is 12.1 Å². The lowest BCUT2D eigenvalue weighted by molar-refractivity contribution is -0.274. The van der Waals surface area contributed by atoms with Gasteiger partial charge in [0, 0.05) is 23.9 Å². The van der Waals surface area contributed by atoms with Crippen LogP contribution in [-0.2, 0) is 18.1 Å². The Balaban J connectivity index is 2.01. The summed E-state index contributed by atoms with van der Waals surface area (Å²) < 4.78 is 49.6. The molecule has 3 rings (SSSR count). The molecular weight excluding hydrogens is 423 g/mol. The first-order valence-electron chi connectivity index (χ1n) is 9.92. The summed E-state index contributed by atoms with van der Waals surface area (Å²) in [7, 11) is -0.106. The minimum atomic E-state index is -4.73. The number of fused-ring (bicyclic) bond motifs is 1. The number of aromatic nitrogens is 2. The molecule has 0 radical (unpaired) electrons. The van der Waals surface area contributed by atoms with Crippen molar-refractivity contribution in [2.45, 2.75) is 51.9 Å². The second kappa shape index (κ2) is 7.87. The van der Waals surface area contributed by atoms with E-state index in [4.69, 9.17) is 10.2 Å². The molecule has 0 saturated carbocycles. The number of nitrogen functional groups attached to an aromatic ring is 1. The van der Waals surface area contributed by atoms with E-state index in [9.17, 15) is 13.2 Å². The van der Waals surface area contributed by atoms with Gasteiger partial charge in [-0.15, -0.1) is 13.2 Å². The van der Waals surface area contributed by atoms with Gasteiger partial charge in [0.2, 0.25) is 0 Å². The van der Waals surface area contributed by atoms with Crippen LogP contribution in [0.25, 0.3) is 22.2 Å². The molecule has 1 aromatic heterocycles. The summed E-state index contributed by atoms with van der Waals surface area (Å²) in [6, 6.07) is 7.50. The van der Waals surface area contributed by atoms with Gasteiger partial charge in [-0.1, -0.05) is 32.9 Å². The molecule has 0 amide bonds. The number of ether oxygens (including phenoxy) is 1.